The van der Waals surface area contributed by atoms with E-state index in [0.717, 1.165) is 63.1 Å². The van der Waals surface area contributed by atoms with E-state index >= 15 is 0 Å². The van der Waals surface area contributed by atoms with Crippen LogP contribution in [0.1, 0.15) is 58.8 Å². The lowest BCUT2D eigenvalue weighted by Crippen LogP contribution is -2.50. The summed E-state index contributed by atoms with van der Waals surface area (Å²) in [5.74, 6) is 0.0646. The molecule has 1 aromatic carbocycles. The Morgan fingerprint density at radius 1 is 0.857 bits per heavy atom. The highest BCUT2D eigenvalue weighted by molar-refractivity contribution is 5.95. The van der Waals surface area contributed by atoms with E-state index in [-0.39, 0.29) is 18.0 Å². The molecule has 154 valence electrons. The second-order valence-corrected chi connectivity index (χ2v) is 8.24. The van der Waals surface area contributed by atoms with Crippen molar-refractivity contribution in [2.75, 3.05) is 30.3 Å². The monoisotopic (exact) mass is 386 g/mol. The molecule has 2 aliphatic heterocycles. The van der Waals surface area contributed by atoms with E-state index in [1.54, 1.807) is 0 Å². The van der Waals surface area contributed by atoms with Gasteiger partial charge in [0.25, 0.3) is 0 Å². The highest BCUT2D eigenvalue weighted by atomic mass is 16.2. The summed E-state index contributed by atoms with van der Waals surface area (Å²) in [5, 5.41) is 6.02. The van der Waals surface area contributed by atoms with Gasteiger partial charge in [0.1, 0.15) is 0 Å². The fourth-order valence-corrected chi connectivity index (χ4v) is 4.19. The average molecular weight is 387 g/mol. The predicted molar refractivity (Wildman–Crippen MR) is 114 cm³/mol. The lowest BCUT2D eigenvalue weighted by Gasteiger charge is -2.37. The van der Waals surface area contributed by atoms with Gasteiger partial charge >= 0.3 is 6.03 Å². The van der Waals surface area contributed by atoms with Crippen molar-refractivity contribution in [3.05, 3.63) is 24.3 Å². The Balaban J connectivity index is 1.55. The fraction of sp³-hybridized carbons (Fsp3) is 0.636. The molecular formula is C22H34N4O2. The first-order chi connectivity index (χ1) is 13.5. The number of piperidine rings is 1. The molecule has 1 unspecified atom stereocenters. The van der Waals surface area contributed by atoms with E-state index in [4.69, 9.17) is 0 Å². The number of carbonyl (C=O) groups is 2. The van der Waals surface area contributed by atoms with Crippen molar-refractivity contribution in [1.82, 2.24) is 9.80 Å². The van der Waals surface area contributed by atoms with Crippen LogP contribution in [0.2, 0.25) is 0 Å². The summed E-state index contributed by atoms with van der Waals surface area (Å²) in [6.07, 6.45) is 7.73. The number of nitrogens with zero attached hydrogens (tertiary/aromatic N) is 2. The van der Waals surface area contributed by atoms with Gasteiger partial charge < -0.3 is 15.5 Å². The van der Waals surface area contributed by atoms with E-state index in [1.165, 1.54) is 12.8 Å². The summed E-state index contributed by atoms with van der Waals surface area (Å²) in [6, 6.07) is 7.70. The third-order valence-electron chi connectivity index (χ3n) is 5.81. The number of carbonyl (C=O) groups excluding carboxylic acids is 2. The number of hydrogen-bond acceptors (Lipinski definition) is 3. The molecule has 2 heterocycles. The quantitative estimate of drug-likeness (QED) is 0.811. The number of anilines is 2. The lowest BCUT2D eigenvalue weighted by molar-refractivity contribution is -0.123. The van der Waals surface area contributed by atoms with Crippen molar-refractivity contribution in [3.63, 3.8) is 0 Å². The van der Waals surface area contributed by atoms with Crippen LogP contribution in [0.15, 0.2) is 24.3 Å². The van der Waals surface area contributed by atoms with Crippen LogP contribution in [0.5, 0.6) is 0 Å². The van der Waals surface area contributed by atoms with E-state index in [1.807, 2.05) is 29.2 Å². The molecule has 2 saturated heterocycles. The molecule has 1 atom stereocenters. The zero-order valence-corrected chi connectivity index (χ0v) is 17.2. The summed E-state index contributed by atoms with van der Waals surface area (Å²) >= 11 is 0. The van der Waals surface area contributed by atoms with Crippen molar-refractivity contribution in [2.24, 2.45) is 0 Å². The van der Waals surface area contributed by atoms with Gasteiger partial charge in [-0.3, -0.25) is 9.69 Å². The zero-order chi connectivity index (χ0) is 19.9. The number of amides is 3. The number of likely N-dealkylation sites (tertiary alicyclic amines) is 2. The molecule has 6 nitrogen and oxygen atoms in total. The molecule has 0 aliphatic carbocycles. The van der Waals surface area contributed by atoms with Crippen molar-refractivity contribution in [3.8, 4) is 0 Å². The SMILES string of the molecule is CC(C)N1CCCCC1C(=O)Nc1ccc(NC(=O)N2CCCCCC2)cc1. The van der Waals surface area contributed by atoms with Gasteiger partial charge in [-0.1, -0.05) is 19.3 Å². The molecule has 0 bridgehead atoms. The smallest absolute Gasteiger partial charge is 0.321 e. The Bertz CT molecular complexity index is 651. The highest BCUT2D eigenvalue weighted by Gasteiger charge is 2.30. The number of rotatable bonds is 4. The van der Waals surface area contributed by atoms with E-state index in [0.29, 0.717) is 6.04 Å². The second kappa shape index (κ2) is 9.92. The Morgan fingerprint density at radius 2 is 1.43 bits per heavy atom. The van der Waals surface area contributed by atoms with Crippen LogP contribution in [0.4, 0.5) is 16.2 Å². The average Bonchev–Trinajstić information content (AvgIpc) is 2.99. The van der Waals surface area contributed by atoms with Gasteiger partial charge in [-0.2, -0.15) is 0 Å². The van der Waals surface area contributed by atoms with Gasteiger partial charge in [-0.15, -0.1) is 0 Å². The molecule has 2 N–H and O–H groups in total. The molecule has 0 saturated carbocycles. The minimum absolute atomic E-state index is 0.0338. The molecule has 3 amide bonds. The van der Waals surface area contributed by atoms with Gasteiger partial charge in [-0.25, -0.2) is 4.79 Å². The maximum atomic E-state index is 12.8. The minimum atomic E-state index is -0.0591. The molecule has 2 aliphatic rings. The Hall–Kier alpha value is -2.08. The van der Waals surface area contributed by atoms with Gasteiger partial charge in [-0.05, 0) is 70.3 Å². The van der Waals surface area contributed by atoms with Crippen molar-refractivity contribution >= 4 is 23.3 Å². The number of benzene rings is 1. The minimum Gasteiger partial charge on any atom is -0.325 e. The van der Waals surface area contributed by atoms with Crippen LogP contribution in [0.25, 0.3) is 0 Å². The van der Waals surface area contributed by atoms with Gasteiger partial charge in [0.2, 0.25) is 5.91 Å². The molecule has 2 fully saturated rings. The molecule has 0 radical (unpaired) electrons. The van der Waals surface area contributed by atoms with Crippen LogP contribution >= 0.6 is 0 Å². The maximum Gasteiger partial charge on any atom is 0.321 e. The van der Waals surface area contributed by atoms with Crippen molar-refractivity contribution in [1.29, 1.82) is 0 Å². The molecule has 3 rings (SSSR count). The molecular weight excluding hydrogens is 352 g/mol. The number of nitrogens with one attached hydrogen (secondary N) is 2. The summed E-state index contributed by atoms with van der Waals surface area (Å²) < 4.78 is 0. The first kappa shape index (κ1) is 20.6. The lowest BCUT2D eigenvalue weighted by atomic mass is 9.99. The van der Waals surface area contributed by atoms with Crippen molar-refractivity contribution in [2.45, 2.75) is 70.9 Å². The molecule has 1 aromatic rings. The normalized spacial score (nSPS) is 21.2. The molecule has 0 aromatic heterocycles. The van der Waals surface area contributed by atoms with E-state index in [9.17, 15) is 9.59 Å². The third kappa shape index (κ3) is 5.47. The standard InChI is InChI=1S/C22H34N4O2/c1-17(2)26-16-8-5-9-20(26)21(27)23-18-10-12-19(13-11-18)24-22(28)25-14-6-3-4-7-15-25/h10-13,17,20H,3-9,14-16H2,1-2H3,(H,23,27)(H,24,28). The van der Waals surface area contributed by atoms with Crippen LogP contribution < -0.4 is 10.6 Å². The predicted octanol–water partition coefficient (Wildman–Crippen LogP) is 4.30. The second-order valence-electron chi connectivity index (χ2n) is 8.24. The molecule has 28 heavy (non-hydrogen) atoms. The fourth-order valence-electron chi connectivity index (χ4n) is 4.19. The Kier molecular flexibility index (Phi) is 7.31. The summed E-state index contributed by atoms with van der Waals surface area (Å²) in [4.78, 5) is 29.4. The highest BCUT2D eigenvalue weighted by Crippen LogP contribution is 2.22. The summed E-state index contributed by atoms with van der Waals surface area (Å²) in [6.45, 7) is 6.93. The zero-order valence-electron chi connectivity index (χ0n) is 17.2. The molecule has 6 heteroatoms. The topological polar surface area (TPSA) is 64.7 Å². The van der Waals surface area contributed by atoms with Gasteiger partial charge in [0.15, 0.2) is 0 Å². The van der Waals surface area contributed by atoms with Gasteiger partial charge in [0.05, 0.1) is 6.04 Å². The third-order valence-corrected chi connectivity index (χ3v) is 5.81. The number of urea groups is 1. The summed E-state index contributed by atoms with van der Waals surface area (Å²) in [7, 11) is 0. The molecule has 0 spiro atoms. The van der Waals surface area contributed by atoms with E-state index in [2.05, 4.69) is 29.4 Å². The van der Waals surface area contributed by atoms with Gasteiger partial charge in [0, 0.05) is 30.5 Å². The van der Waals surface area contributed by atoms with Crippen LogP contribution in [0.3, 0.4) is 0 Å². The van der Waals surface area contributed by atoms with Crippen LogP contribution in [-0.2, 0) is 4.79 Å². The van der Waals surface area contributed by atoms with Crippen LogP contribution in [0, 0.1) is 0 Å². The maximum absolute atomic E-state index is 12.8. The summed E-state index contributed by atoms with van der Waals surface area (Å²) in [5.41, 5.74) is 1.53. The first-order valence-electron chi connectivity index (χ1n) is 10.8. The first-order valence-corrected chi connectivity index (χ1v) is 10.8. The Morgan fingerprint density at radius 3 is 2.04 bits per heavy atom. The van der Waals surface area contributed by atoms with Crippen molar-refractivity contribution < 1.29 is 9.59 Å². The largest absolute Gasteiger partial charge is 0.325 e. The van der Waals surface area contributed by atoms with E-state index < -0.39 is 0 Å². The Labute approximate surface area is 168 Å². The van der Waals surface area contributed by atoms with Crippen LogP contribution in [-0.4, -0.2) is 53.5 Å². The number of hydrogen-bond donors (Lipinski definition) is 2.